The molecule has 6 heteroatoms. The van der Waals surface area contributed by atoms with Crippen LogP contribution in [0.25, 0.3) is 0 Å². The number of ether oxygens (including phenoxy) is 1. The van der Waals surface area contributed by atoms with E-state index in [0.29, 0.717) is 5.92 Å². The molecule has 122 valence electrons. The van der Waals surface area contributed by atoms with Gasteiger partial charge in [0.05, 0.1) is 7.11 Å². The highest BCUT2D eigenvalue weighted by Crippen LogP contribution is 2.21. The fourth-order valence-electron chi connectivity index (χ4n) is 2.89. The molecule has 2 aromatic rings. The number of piperidine rings is 1. The minimum absolute atomic E-state index is 0.0456. The van der Waals surface area contributed by atoms with Gasteiger partial charge in [-0.3, -0.25) is 4.68 Å². The van der Waals surface area contributed by atoms with Gasteiger partial charge in [-0.15, -0.1) is 0 Å². The number of likely N-dealkylation sites (tertiary alicyclic amines) is 1. The zero-order chi connectivity index (χ0) is 16.1. The van der Waals surface area contributed by atoms with Gasteiger partial charge >= 0.3 is 6.03 Å². The molecule has 0 atom stereocenters. The highest BCUT2D eigenvalue weighted by atomic mass is 16.5. The molecule has 0 bridgehead atoms. The summed E-state index contributed by atoms with van der Waals surface area (Å²) in [5.74, 6) is 1.32. The second-order valence-corrected chi connectivity index (χ2v) is 5.82. The van der Waals surface area contributed by atoms with Gasteiger partial charge in [0.1, 0.15) is 5.75 Å². The molecule has 2 heterocycles. The molecule has 1 aromatic heterocycles. The standard InChI is InChI=1S/C17H22N4O2/c1-23-16-5-2-4-15(12-16)19-17(22)20-10-6-14(7-11-20)13-21-9-3-8-18-21/h2-5,8-9,12,14H,6-7,10-11,13H2,1H3,(H,19,22). The second kappa shape index (κ2) is 7.17. The number of amides is 2. The first-order valence-corrected chi connectivity index (χ1v) is 7.92. The number of nitrogens with one attached hydrogen (secondary N) is 1. The van der Waals surface area contributed by atoms with E-state index < -0.39 is 0 Å². The van der Waals surface area contributed by atoms with Crippen molar-refractivity contribution in [3.8, 4) is 5.75 Å². The van der Waals surface area contributed by atoms with E-state index in [2.05, 4.69) is 10.4 Å². The lowest BCUT2D eigenvalue weighted by Crippen LogP contribution is -2.41. The number of benzene rings is 1. The molecule has 0 aliphatic carbocycles. The number of carbonyl (C=O) groups is 1. The third-order valence-electron chi connectivity index (χ3n) is 4.23. The van der Waals surface area contributed by atoms with Crippen molar-refractivity contribution in [1.29, 1.82) is 0 Å². The Hall–Kier alpha value is -2.50. The first-order valence-electron chi connectivity index (χ1n) is 7.92. The van der Waals surface area contributed by atoms with E-state index in [1.54, 1.807) is 13.3 Å². The zero-order valence-electron chi connectivity index (χ0n) is 13.3. The van der Waals surface area contributed by atoms with Crippen molar-refractivity contribution >= 4 is 11.7 Å². The smallest absolute Gasteiger partial charge is 0.321 e. The summed E-state index contributed by atoms with van der Waals surface area (Å²) in [6, 6.07) is 9.31. The maximum Gasteiger partial charge on any atom is 0.321 e. The summed E-state index contributed by atoms with van der Waals surface area (Å²) < 4.78 is 7.14. The largest absolute Gasteiger partial charge is 0.497 e. The van der Waals surface area contributed by atoms with Crippen LogP contribution in [0.5, 0.6) is 5.75 Å². The average Bonchev–Trinajstić information content (AvgIpc) is 3.08. The van der Waals surface area contributed by atoms with Crippen molar-refractivity contribution in [1.82, 2.24) is 14.7 Å². The maximum absolute atomic E-state index is 12.3. The van der Waals surface area contributed by atoms with Crippen LogP contribution in [0.1, 0.15) is 12.8 Å². The fraction of sp³-hybridized carbons (Fsp3) is 0.412. The highest BCUT2D eigenvalue weighted by Gasteiger charge is 2.23. The van der Waals surface area contributed by atoms with Gasteiger partial charge in [-0.2, -0.15) is 5.10 Å². The van der Waals surface area contributed by atoms with Crippen LogP contribution < -0.4 is 10.1 Å². The summed E-state index contributed by atoms with van der Waals surface area (Å²) in [6.45, 7) is 2.49. The lowest BCUT2D eigenvalue weighted by molar-refractivity contribution is 0.175. The number of rotatable bonds is 4. The monoisotopic (exact) mass is 314 g/mol. The van der Waals surface area contributed by atoms with Gasteiger partial charge in [0.15, 0.2) is 0 Å². The summed E-state index contributed by atoms with van der Waals surface area (Å²) in [7, 11) is 1.62. The Kier molecular flexibility index (Phi) is 4.80. The summed E-state index contributed by atoms with van der Waals surface area (Å²) in [6.07, 6.45) is 5.80. The molecule has 3 rings (SSSR count). The summed E-state index contributed by atoms with van der Waals surface area (Å²) >= 11 is 0. The summed E-state index contributed by atoms with van der Waals surface area (Å²) in [4.78, 5) is 14.2. The molecule has 6 nitrogen and oxygen atoms in total. The highest BCUT2D eigenvalue weighted by molar-refractivity contribution is 5.89. The molecule has 1 saturated heterocycles. The van der Waals surface area contributed by atoms with Gasteiger partial charge in [-0.25, -0.2) is 4.79 Å². The number of urea groups is 1. The molecule has 2 amide bonds. The van der Waals surface area contributed by atoms with E-state index >= 15 is 0 Å². The molecule has 0 radical (unpaired) electrons. The predicted octanol–water partition coefficient (Wildman–Crippen LogP) is 2.84. The summed E-state index contributed by atoms with van der Waals surface area (Å²) in [5.41, 5.74) is 0.757. The average molecular weight is 314 g/mol. The molecule has 1 aromatic carbocycles. The van der Waals surface area contributed by atoms with Gasteiger partial charge in [0, 0.05) is 43.8 Å². The van der Waals surface area contributed by atoms with Crippen molar-refractivity contribution in [2.75, 3.05) is 25.5 Å². The normalized spacial score (nSPS) is 15.4. The fourth-order valence-corrected chi connectivity index (χ4v) is 2.89. The SMILES string of the molecule is COc1cccc(NC(=O)N2CCC(Cn3cccn3)CC2)c1. The minimum Gasteiger partial charge on any atom is -0.497 e. The third kappa shape index (κ3) is 4.03. The predicted molar refractivity (Wildman–Crippen MR) is 88.5 cm³/mol. The molecule has 23 heavy (non-hydrogen) atoms. The van der Waals surface area contributed by atoms with Crippen LogP contribution in [0, 0.1) is 5.92 Å². The number of anilines is 1. The van der Waals surface area contributed by atoms with E-state index in [4.69, 9.17) is 4.74 Å². The second-order valence-electron chi connectivity index (χ2n) is 5.82. The Morgan fingerprint density at radius 3 is 2.87 bits per heavy atom. The molecule has 0 spiro atoms. The van der Waals surface area contributed by atoms with Gasteiger partial charge in [0.2, 0.25) is 0 Å². The van der Waals surface area contributed by atoms with Gasteiger partial charge in [-0.05, 0) is 37.0 Å². The number of hydrogen-bond acceptors (Lipinski definition) is 3. The molecule has 1 aliphatic heterocycles. The molecular weight excluding hydrogens is 292 g/mol. The maximum atomic E-state index is 12.3. The Morgan fingerprint density at radius 2 is 2.17 bits per heavy atom. The van der Waals surface area contributed by atoms with Crippen LogP contribution in [-0.2, 0) is 6.54 Å². The Bertz CT molecular complexity index is 634. The van der Waals surface area contributed by atoms with Crippen molar-refractivity contribution < 1.29 is 9.53 Å². The molecule has 1 aliphatic rings. The number of hydrogen-bond donors (Lipinski definition) is 1. The quantitative estimate of drug-likeness (QED) is 0.944. The van der Waals surface area contributed by atoms with Crippen LogP contribution in [0.2, 0.25) is 0 Å². The Morgan fingerprint density at radius 1 is 1.35 bits per heavy atom. The summed E-state index contributed by atoms with van der Waals surface area (Å²) in [5, 5.41) is 7.18. The molecule has 1 N–H and O–H groups in total. The number of aromatic nitrogens is 2. The molecular formula is C17H22N4O2. The number of methoxy groups -OCH3 is 1. The van der Waals surface area contributed by atoms with Crippen molar-refractivity contribution in [2.45, 2.75) is 19.4 Å². The topological polar surface area (TPSA) is 59.4 Å². The van der Waals surface area contributed by atoms with E-state index in [1.807, 2.05) is 46.1 Å². The lowest BCUT2D eigenvalue weighted by atomic mass is 9.97. The third-order valence-corrected chi connectivity index (χ3v) is 4.23. The lowest BCUT2D eigenvalue weighted by Gasteiger charge is -2.32. The van der Waals surface area contributed by atoms with Crippen LogP contribution in [-0.4, -0.2) is 40.9 Å². The van der Waals surface area contributed by atoms with Gasteiger partial charge in [0.25, 0.3) is 0 Å². The van der Waals surface area contributed by atoms with Crippen LogP contribution in [0.4, 0.5) is 10.5 Å². The van der Waals surface area contributed by atoms with Crippen molar-refractivity contribution in [2.24, 2.45) is 5.92 Å². The van der Waals surface area contributed by atoms with E-state index in [9.17, 15) is 4.79 Å². The first kappa shape index (κ1) is 15.4. The van der Waals surface area contributed by atoms with Crippen LogP contribution in [0.15, 0.2) is 42.7 Å². The van der Waals surface area contributed by atoms with Crippen molar-refractivity contribution in [3.05, 3.63) is 42.7 Å². The first-order chi connectivity index (χ1) is 11.2. The van der Waals surface area contributed by atoms with Crippen molar-refractivity contribution in [3.63, 3.8) is 0 Å². The van der Waals surface area contributed by atoms with Gasteiger partial charge in [-0.1, -0.05) is 6.07 Å². The molecule has 1 fully saturated rings. The number of nitrogens with zero attached hydrogens (tertiary/aromatic N) is 3. The van der Waals surface area contributed by atoms with E-state index in [-0.39, 0.29) is 6.03 Å². The van der Waals surface area contributed by atoms with Gasteiger partial charge < -0.3 is 15.0 Å². The minimum atomic E-state index is -0.0456. The molecule has 0 unspecified atom stereocenters. The van der Waals surface area contributed by atoms with E-state index in [1.165, 1.54) is 0 Å². The van der Waals surface area contributed by atoms with E-state index in [0.717, 1.165) is 43.9 Å². The van der Waals surface area contributed by atoms with Crippen LogP contribution >= 0.6 is 0 Å². The number of carbonyl (C=O) groups excluding carboxylic acids is 1. The van der Waals surface area contributed by atoms with Crippen LogP contribution in [0.3, 0.4) is 0 Å². The Labute approximate surface area is 136 Å². The molecule has 0 saturated carbocycles. The Balaban J connectivity index is 1.49. The zero-order valence-corrected chi connectivity index (χ0v) is 13.3.